The predicted molar refractivity (Wildman–Crippen MR) is 71.1 cm³/mol. The highest BCUT2D eigenvalue weighted by molar-refractivity contribution is 5.23. The summed E-state index contributed by atoms with van der Waals surface area (Å²) < 4.78 is 12.8. The average Bonchev–Trinajstić information content (AvgIpc) is 2.32. The maximum Gasteiger partial charge on any atom is 0.123 e. The van der Waals surface area contributed by atoms with Crippen LogP contribution in [0, 0.1) is 5.82 Å². The normalized spacial score (nSPS) is 24.6. The monoisotopic (exact) mass is 251 g/mol. The third-order valence-electron chi connectivity index (χ3n) is 3.79. The van der Waals surface area contributed by atoms with Crippen LogP contribution in [-0.2, 0) is 0 Å². The standard InChI is InChI=1S/C15H22FNO/c1-11(3-2-8-18)17-15-9-13(10-15)12-4-6-14(16)7-5-12/h4-7,11,13,15,17-18H,2-3,8-10H2,1H3. The van der Waals surface area contributed by atoms with E-state index in [9.17, 15) is 4.39 Å². The minimum Gasteiger partial charge on any atom is -0.396 e. The van der Waals surface area contributed by atoms with E-state index in [1.165, 1.54) is 5.56 Å². The quantitative estimate of drug-likeness (QED) is 0.815. The molecule has 1 fully saturated rings. The van der Waals surface area contributed by atoms with Crippen molar-refractivity contribution in [3.8, 4) is 0 Å². The summed E-state index contributed by atoms with van der Waals surface area (Å²) in [5.41, 5.74) is 1.25. The number of nitrogens with one attached hydrogen (secondary N) is 1. The van der Waals surface area contributed by atoms with Crippen LogP contribution in [0.15, 0.2) is 24.3 Å². The molecule has 0 heterocycles. The summed E-state index contributed by atoms with van der Waals surface area (Å²) in [6.45, 7) is 2.44. The van der Waals surface area contributed by atoms with Crippen molar-refractivity contribution in [2.75, 3.05) is 6.61 Å². The molecule has 3 heteroatoms. The molecule has 1 aromatic carbocycles. The number of hydrogen-bond acceptors (Lipinski definition) is 2. The van der Waals surface area contributed by atoms with Gasteiger partial charge in [0.1, 0.15) is 5.82 Å². The van der Waals surface area contributed by atoms with Crippen LogP contribution in [0.2, 0.25) is 0 Å². The Labute approximate surface area is 108 Å². The number of hydrogen-bond donors (Lipinski definition) is 2. The molecule has 1 aromatic rings. The SMILES string of the molecule is CC(CCCO)NC1CC(c2ccc(F)cc2)C1. The molecule has 0 radical (unpaired) electrons. The zero-order chi connectivity index (χ0) is 13.0. The van der Waals surface area contributed by atoms with E-state index >= 15 is 0 Å². The van der Waals surface area contributed by atoms with Crippen molar-refractivity contribution in [2.24, 2.45) is 0 Å². The number of rotatable bonds is 6. The number of aliphatic hydroxyl groups is 1. The molecular formula is C15H22FNO. The Morgan fingerprint density at radius 1 is 1.33 bits per heavy atom. The van der Waals surface area contributed by atoms with Gasteiger partial charge in [-0.3, -0.25) is 0 Å². The van der Waals surface area contributed by atoms with E-state index in [1.807, 2.05) is 12.1 Å². The van der Waals surface area contributed by atoms with E-state index in [-0.39, 0.29) is 12.4 Å². The zero-order valence-corrected chi connectivity index (χ0v) is 10.9. The number of aliphatic hydroxyl groups excluding tert-OH is 1. The fourth-order valence-corrected chi connectivity index (χ4v) is 2.64. The van der Waals surface area contributed by atoms with Crippen LogP contribution < -0.4 is 5.32 Å². The van der Waals surface area contributed by atoms with Gasteiger partial charge in [0.15, 0.2) is 0 Å². The minimum absolute atomic E-state index is 0.162. The molecule has 2 nitrogen and oxygen atoms in total. The molecular weight excluding hydrogens is 229 g/mol. The molecule has 0 aliphatic heterocycles. The second-order valence-electron chi connectivity index (χ2n) is 5.35. The van der Waals surface area contributed by atoms with Crippen molar-refractivity contribution >= 4 is 0 Å². The predicted octanol–water partition coefficient (Wildman–Crippen LogP) is 2.82. The number of halogens is 1. The third-order valence-corrected chi connectivity index (χ3v) is 3.79. The molecule has 0 saturated heterocycles. The Hall–Kier alpha value is -0.930. The molecule has 1 atom stereocenters. The lowest BCUT2D eigenvalue weighted by Gasteiger charge is -2.38. The summed E-state index contributed by atoms with van der Waals surface area (Å²) in [7, 11) is 0. The highest BCUT2D eigenvalue weighted by atomic mass is 19.1. The van der Waals surface area contributed by atoms with E-state index in [0.29, 0.717) is 18.0 Å². The van der Waals surface area contributed by atoms with Crippen LogP contribution in [-0.4, -0.2) is 23.8 Å². The minimum atomic E-state index is -0.162. The molecule has 0 bridgehead atoms. The Morgan fingerprint density at radius 2 is 2.00 bits per heavy atom. The van der Waals surface area contributed by atoms with Crippen LogP contribution in [0.3, 0.4) is 0 Å². The van der Waals surface area contributed by atoms with Gasteiger partial charge in [-0.15, -0.1) is 0 Å². The Kier molecular flexibility index (Phi) is 4.72. The van der Waals surface area contributed by atoms with Gasteiger partial charge in [-0.1, -0.05) is 12.1 Å². The van der Waals surface area contributed by atoms with Crippen LogP contribution in [0.25, 0.3) is 0 Å². The average molecular weight is 251 g/mol. The topological polar surface area (TPSA) is 32.3 Å². The van der Waals surface area contributed by atoms with E-state index in [2.05, 4.69) is 12.2 Å². The second kappa shape index (κ2) is 6.30. The van der Waals surface area contributed by atoms with Gasteiger partial charge in [-0.2, -0.15) is 0 Å². The van der Waals surface area contributed by atoms with Gasteiger partial charge < -0.3 is 10.4 Å². The van der Waals surface area contributed by atoms with Crippen molar-refractivity contribution in [2.45, 2.75) is 50.6 Å². The summed E-state index contributed by atoms with van der Waals surface area (Å²) in [6.07, 6.45) is 4.15. The highest BCUT2D eigenvalue weighted by Gasteiger charge is 2.30. The van der Waals surface area contributed by atoms with Crippen molar-refractivity contribution < 1.29 is 9.50 Å². The van der Waals surface area contributed by atoms with Crippen LogP contribution in [0.1, 0.15) is 44.1 Å². The lowest BCUT2D eigenvalue weighted by molar-refractivity contribution is 0.244. The lowest BCUT2D eigenvalue weighted by Crippen LogP contribution is -2.44. The molecule has 1 aliphatic rings. The second-order valence-corrected chi connectivity index (χ2v) is 5.35. The Bertz CT molecular complexity index is 359. The van der Waals surface area contributed by atoms with Gasteiger partial charge in [-0.25, -0.2) is 4.39 Å². The molecule has 1 unspecified atom stereocenters. The first-order chi connectivity index (χ1) is 8.69. The smallest absolute Gasteiger partial charge is 0.123 e. The van der Waals surface area contributed by atoms with Gasteiger partial charge >= 0.3 is 0 Å². The molecule has 0 amide bonds. The molecule has 1 aliphatic carbocycles. The fourth-order valence-electron chi connectivity index (χ4n) is 2.64. The van der Waals surface area contributed by atoms with Crippen LogP contribution in [0.4, 0.5) is 4.39 Å². The first kappa shape index (κ1) is 13.5. The van der Waals surface area contributed by atoms with Gasteiger partial charge in [0.25, 0.3) is 0 Å². The van der Waals surface area contributed by atoms with Crippen LogP contribution >= 0.6 is 0 Å². The van der Waals surface area contributed by atoms with Crippen LogP contribution in [0.5, 0.6) is 0 Å². The molecule has 2 rings (SSSR count). The van der Waals surface area contributed by atoms with Crippen molar-refractivity contribution in [1.82, 2.24) is 5.32 Å². The van der Waals surface area contributed by atoms with E-state index in [4.69, 9.17) is 5.11 Å². The first-order valence-corrected chi connectivity index (χ1v) is 6.81. The largest absolute Gasteiger partial charge is 0.396 e. The van der Waals surface area contributed by atoms with E-state index in [0.717, 1.165) is 25.7 Å². The van der Waals surface area contributed by atoms with Crippen molar-refractivity contribution in [3.05, 3.63) is 35.6 Å². The third kappa shape index (κ3) is 3.53. The zero-order valence-electron chi connectivity index (χ0n) is 10.9. The molecule has 0 aromatic heterocycles. The highest BCUT2D eigenvalue weighted by Crippen LogP contribution is 2.37. The van der Waals surface area contributed by atoms with E-state index in [1.54, 1.807) is 12.1 Å². The van der Waals surface area contributed by atoms with E-state index < -0.39 is 0 Å². The first-order valence-electron chi connectivity index (χ1n) is 6.81. The van der Waals surface area contributed by atoms with Gasteiger partial charge in [0, 0.05) is 18.7 Å². The molecule has 1 saturated carbocycles. The maximum absolute atomic E-state index is 12.8. The Morgan fingerprint density at radius 3 is 2.61 bits per heavy atom. The van der Waals surface area contributed by atoms with Crippen molar-refractivity contribution in [3.63, 3.8) is 0 Å². The molecule has 100 valence electrons. The summed E-state index contributed by atoms with van der Waals surface area (Å²) in [4.78, 5) is 0. The lowest BCUT2D eigenvalue weighted by atomic mass is 9.75. The number of benzene rings is 1. The summed E-state index contributed by atoms with van der Waals surface area (Å²) in [5.74, 6) is 0.415. The fraction of sp³-hybridized carbons (Fsp3) is 0.600. The molecule has 0 spiro atoms. The van der Waals surface area contributed by atoms with Gasteiger partial charge in [-0.05, 0) is 56.2 Å². The summed E-state index contributed by atoms with van der Waals surface area (Å²) >= 11 is 0. The summed E-state index contributed by atoms with van der Waals surface area (Å²) in [5, 5.41) is 12.4. The van der Waals surface area contributed by atoms with Gasteiger partial charge in [0.2, 0.25) is 0 Å². The Balaban J connectivity index is 1.72. The molecule has 18 heavy (non-hydrogen) atoms. The van der Waals surface area contributed by atoms with Gasteiger partial charge in [0.05, 0.1) is 0 Å². The van der Waals surface area contributed by atoms with Crippen molar-refractivity contribution in [1.29, 1.82) is 0 Å². The maximum atomic E-state index is 12.8. The molecule has 2 N–H and O–H groups in total. The summed E-state index contributed by atoms with van der Waals surface area (Å²) in [6, 6.07) is 7.92.